The van der Waals surface area contributed by atoms with Gasteiger partial charge in [-0.1, -0.05) is 17.7 Å². The minimum Gasteiger partial charge on any atom is -0.494 e. The molecule has 0 spiro atoms. The quantitative estimate of drug-likeness (QED) is 0.520. The van der Waals surface area contributed by atoms with E-state index in [0.717, 1.165) is 35.6 Å². The fraction of sp³-hybridized carbons (Fsp3) is 0.350. The van der Waals surface area contributed by atoms with E-state index < -0.39 is 6.09 Å². The first-order chi connectivity index (χ1) is 12.1. The summed E-state index contributed by atoms with van der Waals surface area (Å²) in [6.45, 7) is 4.66. The van der Waals surface area contributed by atoms with Crippen LogP contribution in [-0.4, -0.2) is 18.5 Å². The van der Waals surface area contributed by atoms with E-state index in [1.807, 2.05) is 36.9 Å². The predicted molar refractivity (Wildman–Crippen MR) is 102 cm³/mol. The summed E-state index contributed by atoms with van der Waals surface area (Å²) < 4.78 is 11.0. The van der Waals surface area contributed by atoms with E-state index in [1.165, 1.54) is 10.5 Å². The van der Waals surface area contributed by atoms with Gasteiger partial charge in [0, 0.05) is 10.5 Å². The molecule has 4 nitrogen and oxygen atoms in total. The van der Waals surface area contributed by atoms with Gasteiger partial charge in [-0.15, -0.1) is 11.8 Å². The van der Waals surface area contributed by atoms with Crippen LogP contribution < -0.4 is 10.1 Å². The molecule has 1 atom stereocenters. The monoisotopic (exact) mass is 357 g/mol. The molecule has 132 valence electrons. The zero-order valence-corrected chi connectivity index (χ0v) is 15.4. The average molecular weight is 357 g/mol. The number of ether oxygens (including phenoxy) is 2. The van der Waals surface area contributed by atoms with Gasteiger partial charge < -0.3 is 9.47 Å². The van der Waals surface area contributed by atoms with Gasteiger partial charge in [-0.2, -0.15) is 0 Å². The summed E-state index contributed by atoms with van der Waals surface area (Å²) in [5, 5.41) is 2.70. The van der Waals surface area contributed by atoms with Gasteiger partial charge in [0.2, 0.25) is 0 Å². The van der Waals surface area contributed by atoms with Crippen molar-refractivity contribution in [1.82, 2.24) is 0 Å². The van der Waals surface area contributed by atoms with Gasteiger partial charge in [-0.05, 0) is 62.8 Å². The van der Waals surface area contributed by atoms with Crippen LogP contribution in [0.25, 0.3) is 0 Å². The third-order valence-electron chi connectivity index (χ3n) is 4.08. The van der Waals surface area contributed by atoms with Crippen molar-refractivity contribution < 1.29 is 14.3 Å². The van der Waals surface area contributed by atoms with E-state index in [0.29, 0.717) is 6.61 Å². The number of hydrogen-bond donors (Lipinski definition) is 1. The standard InChI is InChI=1S/C20H23NO3S/c1-14-5-8-17(9-6-14)25-12-4-3-11-23-16-7-10-19-18(13-16)15(2)24-20(22)21-19/h5-10,13,15H,3-4,11-12H2,1-2H3,(H,21,22). The second kappa shape index (κ2) is 8.30. The SMILES string of the molecule is Cc1ccc(SCCCCOc2ccc3c(c2)C(C)OC(=O)N3)cc1. The number of aryl methyl sites for hydroxylation is 1. The second-order valence-corrected chi connectivity index (χ2v) is 7.31. The van der Waals surface area contributed by atoms with E-state index in [9.17, 15) is 4.79 Å². The number of fused-ring (bicyclic) bond motifs is 1. The smallest absolute Gasteiger partial charge is 0.412 e. The maximum atomic E-state index is 11.3. The van der Waals surface area contributed by atoms with E-state index >= 15 is 0 Å². The lowest BCUT2D eigenvalue weighted by Crippen LogP contribution is -2.23. The molecular formula is C20H23NO3S. The Kier molecular flexibility index (Phi) is 5.87. The minimum absolute atomic E-state index is 0.252. The highest BCUT2D eigenvalue weighted by Crippen LogP contribution is 2.33. The normalized spacial score (nSPS) is 15.9. The molecule has 0 fully saturated rings. The molecule has 1 heterocycles. The topological polar surface area (TPSA) is 47.6 Å². The molecule has 1 amide bonds. The van der Waals surface area contributed by atoms with Gasteiger partial charge in [-0.25, -0.2) is 4.79 Å². The molecule has 1 aliphatic heterocycles. The van der Waals surface area contributed by atoms with Crippen molar-refractivity contribution in [2.24, 2.45) is 0 Å². The summed E-state index contributed by atoms with van der Waals surface area (Å²) in [4.78, 5) is 12.7. The molecule has 2 aromatic carbocycles. The second-order valence-electron chi connectivity index (χ2n) is 6.14. The van der Waals surface area contributed by atoms with Crippen LogP contribution in [0.3, 0.4) is 0 Å². The maximum absolute atomic E-state index is 11.3. The lowest BCUT2D eigenvalue weighted by molar-refractivity contribution is 0.116. The molecule has 0 saturated heterocycles. The summed E-state index contributed by atoms with van der Waals surface area (Å²) in [7, 11) is 0. The summed E-state index contributed by atoms with van der Waals surface area (Å²) in [6.07, 6.45) is 1.47. The van der Waals surface area contributed by atoms with Crippen molar-refractivity contribution in [3.63, 3.8) is 0 Å². The predicted octanol–water partition coefficient (Wildman–Crippen LogP) is 5.57. The van der Waals surface area contributed by atoms with Crippen molar-refractivity contribution in [2.75, 3.05) is 17.7 Å². The summed E-state index contributed by atoms with van der Waals surface area (Å²) in [5.74, 6) is 1.91. The molecule has 0 aliphatic carbocycles. The molecule has 5 heteroatoms. The number of amides is 1. The fourth-order valence-corrected chi connectivity index (χ4v) is 3.58. The molecule has 2 aromatic rings. The van der Waals surface area contributed by atoms with E-state index in [1.54, 1.807) is 0 Å². The summed E-state index contributed by atoms with van der Waals surface area (Å²) in [5.41, 5.74) is 3.04. The van der Waals surface area contributed by atoms with Crippen LogP contribution in [0, 0.1) is 6.92 Å². The first-order valence-electron chi connectivity index (χ1n) is 8.55. The lowest BCUT2D eigenvalue weighted by Gasteiger charge is -2.23. The molecule has 0 aromatic heterocycles. The third kappa shape index (κ3) is 4.92. The van der Waals surface area contributed by atoms with E-state index in [-0.39, 0.29) is 6.10 Å². The van der Waals surface area contributed by atoms with Crippen LogP contribution in [0.2, 0.25) is 0 Å². The number of nitrogens with one attached hydrogen (secondary N) is 1. The number of rotatable bonds is 7. The molecule has 3 rings (SSSR count). The van der Waals surface area contributed by atoms with Crippen LogP contribution in [-0.2, 0) is 4.74 Å². The Labute approximate surface area is 152 Å². The first kappa shape index (κ1) is 17.7. The fourth-order valence-electron chi connectivity index (χ4n) is 2.66. The Hall–Kier alpha value is -2.14. The van der Waals surface area contributed by atoms with Crippen LogP contribution in [0.5, 0.6) is 5.75 Å². The van der Waals surface area contributed by atoms with E-state index in [4.69, 9.17) is 9.47 Å². The van der Waals surface area contributed by atoms with E-state index in [2.05, 4.69) is 36.5 Å². The summed E-state index contributed by atoms with van der Waals surface area (Å²) >= 11 is 1.88. The Morgan fingerprint density at radius 2 is 1.96 bits per heavy atom. The zero-order chi connectivity index (χ0) is 17.6. The Bertz CT molecular complexity index is 730. The average Bonchev–Trinajstić information content (AvgIpc) is 2.60. The lowest BCUT2D eigenvalue weighted by atomic mass is 10.1. The molecule has 1 unspecified atom stereocenters. The highest BCUT2D eigenvalue weighted by atomic mass is 32.2. The van der Waals surface area contributed by atoms with Crippen LogP contribution in [0.15, 0.2) is 47.4 Å². The molecule has 1 aliphatic rings. The molecule has 25 heavy (non-hydrogen) atoms. The minimum atomic E-state index is -0.403. The van der Waals surface area contributed by atoms with Crippen LogP contribution >= 0.6 is 11.8 Å². The number of unbranched alkanes of at least 4 members (excludes halogenated alkanes) is 1. The number of benzene rings is 2. The molecule has 0 saturated carbocycles. The number of thioether (sulfide) groups is 1. The largest absolute Gasteiger partial charge is 0.494 e. The summed E-state index contributed by atoms with van der Waals surface area (Å²) in [6, 6.07) is 14.3. The molecular weight excluding hydrogens is 334 g/mol. The first-order valence-corrected chi connectivity index (χ1v) is 9.54. The number of carbonyl (C=O) groups excluding carboxylic acids is 1. The van der Waals surface area contributed by atoms with Gasteiger partial charge >= 0.3 is 6.09 Å². The van der Waals surface area contributed by atoms with Gasteiger partial charge in [0.05, 0.1) is 12.3 Å². The van der Waals surface area contributed by atoms with Crippen LogP contribution in [0.4, 0.5) is 10.5 Å². The number of anilines is 1. The van der Waals surface area contributed by atoms with Crippen molar-refractivity contribution in [1.29, 1.82) is 0 Å². The van der Waals surface area contributed by atoms with Gasteiger partial charge in [0.25, 0.3) is 0 Å². The molecule has 0 bridgehead atoms. The Morgan fingerprint density at radius 1 is 1.16 bits per heavy atom. The Morgan fingerprint density at radius 3 is 2.76 bits per heavy atom. The van der Waals surface area contributed by atoms with Gasteiger partial charge in [0.1, 0.15) is 11.9 Å². The number of carbonyl (C=O) groups is 1. The Balaban J connectivity index is 1.40. The van der Waals surface area contributed by atoms with Crippen LogP contribution in [0.1, 0.15) is 37.0 Å². The highest BCUT2D eigenvalue weighted by Gasteiger charge is 2.22. The molecule has 0 radical (unpaired) electrons. The van der Waals surface area contributed by atoms with Gasteiger partial charge in [0.15, 0.2) is 0 Å². The molecule has 1 N–H and O–H groups in total. The van der Waals surface area contributed by atoms with Gasteiger partial charge in [-0.3, -0.25) is 5.32 Å². The third-order valence-corrected chi connectivity index (χ3v) is 5.18. The maximum Gasteiger partial charge on any atom is 0.412 e. The van der Waals surface area contributed by atoms with Crippen molar-refractivity contribution in [3.05, 3.63) is 53.6 Å². The highest BCUT2D eigenvalue weighted by molar-refractivity contribution is 7.99. The van der Waals surface area contributed by atoms with Crippen molar-refractivity contribution in [2.45, 2.75) is 37.7 Å². The zero-order valence-electron chi connectivity index (χ0n) is 14.6. The van der Waals surface area contributed by atoms with Crippen molar-refractivity contribution in [3.8, 4) is 5.75 Å². The number of cyclic esters (lactones) is 1. The number of hydrogen-bond acceptors (Lipinski definition) is 4. The van der Waals surface area contributed by atoms with Crippen molar-refractivity contribution >= 4 is 23.5 Å².